The number of aromatic nitrogens is 1. The van der Waals surface area contributed by atoms with Crippen LogP contribution in [0.5, 0.6) is 0 Å². The monoisotopic (exact) mass is 273 g/mol. The predicted molar refractivity (Wildman–Crippen MR) is 83.7 cm³/mol. The van der Waals surface area contributed by atoms with Crippen LogP contribution >= 0.6 is 0 Å². The largest absolute Gasteiger partial charge is 0.370 e. The van der Waals surface area contributed by atoms with Crippen molar-refractivity contribution < 1.29 is 0 Å². The number of nitrogens with one attached hydrogen (secondary N) is 1. The molecule has 0 saturated heterocycles. The van der Waals surface area contributed by atoms with E-state index >= 15 is 0 Å². The van der Waals surface area contributed by atoms with E-state index in [1.54, 1.807) is 0 Å². The van der Waals surface area contributed by atoms with E-state index in [1.165, 1.54) is 44.3 Å². The van der Waals surface area contributed by atoms with Gasteiger partial charge in [0, 0.05) is 32.4 Å². The van der Waals surface area contributed by atoms with E-state index in [4.69, 9.17) is 0 Å². The minimum absolute atomic E-state index is 0.980. The fraction of sp³-hybridized carbons (Fsp3) is 0.706. The lowest BCUT2D eigenvalue weighted by Crippen LogP contribution is -2.27. The van der Waals surface area contributed by atoms with Crippen LogP contribution in [0, 0.1) is 11.8 Å². The zero-order chi connectivity index (χ0) is 13.8. The Morgan fingerprint density at radius 3 is 2.50 bits per heavy atom. The number of anilines is 1. The molecule has 0 spiro atoms. The highest BCUT2D eigenvalue weighted by Gasteiger charge is 2.29. The van der Waals surface area contributed by atoms with Crippen molar-refractivity contribution in [2.24, 2.45) is 11.8 Å². The summed E-state index contributed by atoms with van der Waals surface area (Å²) >= 11 is 0. The van der Waals surface area contributed by atoms with Crippen molar-refractivity contribution in [3.63, 3.8) is 0 Å². The second kappa shape index (κ2) is 6.57. The minimum atomic E-state index is 0.980. The molecule has 1 heterocycles. The summed E-state index contributed by atoms with van der Waals surface area (Å²) in [5.41, 5.74) is 1.40. The molecule has 3 heteroatoms. The number of hydrogen-bond acceptors (Lipinski definition) is 3. The van der Waals surface area contributed by atoms with Gasteiger partial charge in [0.15, 0.2) is 0 Å². The van der Waals surface area contributed by atoms with Gasteiger partial charge in [0.1, 0.15) is 5.82 Å². The van der Waals surface area contributed by atoms with Gasteiger partial charge in [0.05, 0.1) is 0 Å². The minimum Gasteiger partial charge on any atom is -0.370 e. The Morgan fingerprint density at radius 2 is 1.90 bits per heavy atom. The van der Waals surface area contributed by atoms with Crippen molar-refractivity contribution in [3.8, 4) is 0 Å². The maximum Gasteiger partial charge on any atom is 0.126 e. The second-order valence-corrected chi connectivity index (χ2v) is 6.56. The number of nitrogens with zero attached hydrogens (tertiary/aromatic N) is 2. The standard InChI is InChI=1S/C17H27N3/c1-2-8-18-17-10-16(7-9-19-17)13-20(11-14-3-4-14)12-15-5-6-15/h7,9-10,14-15H,2-6,8,11-13H2,1H3,(H,18,19). The molecule has 110 valence electrons. The Balaban J connectivity index is 1.57. The molecule has 3 nitrogen and oxygen atoms in total. The fourth-order valence-electron chi connectivity index (χ4n) is 2.72. The maximum atomic E-state index is 4.40. The molecule has 0 aliphatic heterocycles. The summed E-state index contributed by atoms with van der Waals surface area (Å²) in [6.45, 7) is 6.89. The highest BCUT2D eigenvalue weighted by molar-refractivity contribution is 5.37. The average Bonchev–Trinajstić information content (AvgIpc) is 3.33. The molecule has 0 aromatic carbocycles. The molecule has 2 aliphatic rings. The van der Waals surface area contributed by atoms with Gasteiger partial charge in [-0.3, -0.25) is 4.90 Å². The zero-order valence-corrected chi connectivity index (χ0v) is 12.6. The molecular formula is C17H27N3. The quantitative estimate of drug-likeness (QED) is 0.746. The third-order valence-corrected chi connectivity index (χ3v) is 4.21. The number of rotatable bonds is 9. The van der Waals surface area contributed by atoms with E-state index in [0.717, 1.165) is 37.2 Å². The van der Waals surface area contributed by atoms with Gasteiger partial charge in [-0.05, 0) is 61.6 Å². The van der Waals surface area contributed by atoms with Gasteiger partial charge in [-0.25, -0.2) is 4.98 Å². The van der Waals surface area contributed by atoms with Crippen LogP contribution in [-0.2, 0) is 6.54 Å². The normalized spacial score (nSPS) is 18.5. The summed E-state index contributed by atoms with van der Waals surface area (Å²) in [6, 6.07) is 4.40. The summed E-state index contributed by atoms with van der Waals surface area (Å²) in [5, 5.41) is 3.38. The van der Waals surface area contributed by atoms with Crippen molar-refractivity contribution in [1.82, 2.24) is 9.88 Å². The molecule has 2 saturated carbocycles. The Bertz CT molecular complexity index is 410. The molecule has 0 radical (unpaired) electrons. The second-order valence-electron chi connectivity index (χ2n) is 6.56. The average molecular weight is 273 g/mol. The summed E-state index contributed by atoms with van der Waals surface area (Å²) < 4.78 is 0. The molecule has 20 heavy (non-hydrogen) atoms. The first-order chi connectivity index (χ1) is 9.83. The predicted octanol–water partition coefficient (Wildman–Crippen LogP) is 3.53. The highest BCUT2D eigenvalue weighted by atomic mass is 15.1. The first-order valence-electron chi connectivity index (χ1n) is 8.24. The lowest BCUT2D eigenvalue weighted by atomic mass is 10.2. The SMILES string of the molecule is CCCNc1cc(CN(CC2CC2)CC2CC2)ccn1. The van der Waals surface area contributed by atoms with Crippen LogP contribution in [0.2, 0.25) is 0 Å². The first-order valence-corrected chi connectivity index (χ1v) is 8.24. The topological polar surface area (TPSA) is 28.2 Å². The Morgan fingerprint density at radius 1 is 1.20 bits per heavy atom. The molecule has 0 amide bonds. The van der Waals surface area contributed by atoms with Gasteiger partial charge < -0.3 is 5.32 Å². The summed E-state index contributed by atoms with van der Waals surface area (Å²) in [4.78, 5) is 7.08. The maximum absolute atomic E-state index is 4.40. The molecule has 1 aromatic rings. The third kappa shape index (κ3) is 4.48. The van der Waals surface area contributed by atoms with Crippen molar-refractivity contribution >= 4 is 5.82 Å². The number of hydrogen-bond donors (Lipinski definition) is 1. The van der Waals surface area contributed by atoms with E-state index < -0.39 is 0 Å². The van der Waals surface area contributed by atoms with E-state index in [2.05, 4.69) is 34.3 Å². The Kier molecular flexibility index (Phi) is 4.56. The van der Waals surface area contributed by atoms with Gasteiger partial charge in [-0.1, -0.05) is 6.92 Å². The smallest absolute Gasteiger partial charge is 0.126 e. The van der Waals surface area contributed by atoms with E-state index in [0.29, 0.717) is 0 Å². The highest BCUT2D eigenvalue weighted by Crippen LogP contribution is 2.34. The van der Waals surface area contributed by atoms with Crippen LogP contribution in [0.25, 0.3) is 0 Å². The van der Waals surface area contributed by atoms with Gasteiger partial charge in [-0.15, -0.1) is 0 Å². The number of pyridine rings is 1. The molecule has 0 unspecified atom stereocenters. The van der Waals surface area contributed by atoms with E-state index in [1.807, 2.05) is 6.20 Å². The molecule has 1 N–H and O–H groups in total. The van der Waals surface area contributed by atoms with E-state index in [-0.39, 0.29) is 0 Å². The van der Waals surface area contributed by atoms with Crippen LogP contribution in [0.15, 0.2) is 18.3 Å². The van der Waals surface area contributed by atoms with E-state index in [9.17, 15) is 0 Å². The molecule has 3 rings (SSSR count). The molecule has 2 aliphatic carbocycles. The van der Waals surface area contributed by atoms with Crippen LogP contribution in [-0.4, -0.2) is 29.5 Å². The van der Waals surface area contributed by atoms with Crippen LogP contribution in [0.3, 0.4) is 0 Å². The molecule has 0 atom stereocenters. The summed E-state index contributed by atoms with van der Waals surface area (Å²) in [7, 11) is 0. The van der Waals surface area contributed by atoms with Crippen molar-refractivity contribution in [1.29, 1.82) is 0 Å². The fourth-order valence-corrected chi connectivity index (χ4v) is 2.72. The van der Waals surface area contributed by atoms with Crippen LogP contribution in [0.1, 0.15) is 44.6 Å². The lowest BCUT2D eigenvalue weighted by Gasteiger charge is -2.22. The Labute approximate surface area is 122 Å². The molecule has 2 fully saturated rings. The van der Waals surface area contributed by atoms with Crippen LogP contribution in [0.4, 0.5) is 5.82 Å². The Hall–Kier alpha value is -1.09. The van der Waals surface area contributed by atoms with Crippen molar-refractivity contribution in [2.45, 2.75) is 45.6 Å². The summed E-state index contributed by atoms with van der Waals surface area (Å²) in [5.74, 6) is 2.99. The third-order valence-electron chi connectivity index (χ3n) is 4.21. The lowest BCUT2D eigenvalue weighted by molar-refractivity contribution is 0.244. The zero-order valence-electron chi connectivity index (χ0n) is 12.6. The van der Waals surface area contributed by atoms with Crippen molar-refractivity contribution in [3.05, 3.63) is 23.9 Å². The van der Waals surface area contributed by atoms with Gasteiger partial charge >= 0.3 is 0 Å². The summed E-state index contributed by atoms with van der Waals surface area (Å²) in [6.07, 6.45) is 8.87. The van der Waals surface area contributed by atoms with Crippen molar-refractivity contribution in [2.75, 3.05) is 25.0 Å². The van der Waals surface area contributed by atoms with Crippen LogP contribution < -0.4 is 5.32 Å². The van der Waals surface area contributed by atoms with Gasteiger partial charge in [0.2, 0.25) is 0 Å². The molecule has 0 bridgehead atoms. The van der Waals surface area contributed by atoms with Gasteiger partial charge in [-0.2, -0.15) is 0 Å². The molecule has 1 aromatic heterocycles. The first kappa shape index (κ1) is 13.9. The molecular weight excluding hydrogens is 246 g/mol. The van der Waals surface area contributed by atoms with Gasteiger partial charge in [0.25, 0.3) is 0 Å².